The zero-order valence-corrected chi connectivity index (χ0v) is 19.3. The van der Waals surface area contributed by atoms with Crippen molar-refractivity contribution >= 4 is 44.2 Å². The number of fused-ring (bicyclic) bond motifs is 1. The van der Waals surface area contributed by atoms with Crippen LogP contribution in [0.5, 0.6) is 11.5 Å². The number of halogens is 1. The molecule has 0 bridgehead atoms. The van der Waals surface area contributed by atoms with E-state index in [9.17, 15) is 4.79 Å². The van der Waals surface area contributed by atoms with E-state index in [4.69, 9.17) is 21.1 Å². The zero-order chi connectivity index (χ0) is 22.5. The number of pyridine rings is 1. The van der Waals surface area contributed by atoms with Gasteiger partial charge in [-0.3, -0.25) is 14.7 Å². The number of nitrogens with zero attached hydrogens (tertiary/aromatic N) is 3. The molecule has 8 heteroatoms. The average Bonchev–Trinajstić information content (AvgIpc) is 3.22. The maximum atomic E-state index is 13.7. The fraction of sp³-hybridized carbons (Fsp3) is 0.208. The highest BCUT2D eigenvalue weighted by Crippen LogP contribution is 2.34. The number of hydrogen-bond acceptors (Lipinski definition) is 6. The smallest absolute Gasteiger partial charge is 0.260 e. The molecule has 2 heterocycles. The molecule has 32 heavy (non-hydrogen) atoms. The molecule has 6 nitrogen and oxygen atoms in total. The lowest BCUT2D eigenvalue weighted by Gasteiger charge is -2.20. The highest BCUT2D eigenvalue weighted by Gasteiger charge is 2.23. The van der Waals surface area contributed by atoms with Crippen LogP contribution < -0.4 is 14.4 Å². The molecule has 2 aromatic carbocycles. The molecule has 0 saturated carbocycles. The Morgan fingerprint density at radius 2 is 1.84 bits per heavy atom. The molecule has 164 valence electrons. The fourth-order valence-corrected chi connectivity index (χ4v) is 4.46. The summed E-state index contributed by atoms with van der Waals surface area (Å²) >= 11 is 7.56. The minimum Gasteiger partial charge on any atom is -0.490 e. The van der Waals surface area contributed by atoms with E-state index in [0.29, 0.717) is 40.4 Å². The molecule has 0 unspecified atom stereocenters. The summed E-state index contributed by atoms with van der Waals surface area (Å²) < 4.78 is 12.3. The molecule has 0 fully saturated rings. The first-order valence-electron chi connectivity index (χ1n) is 10.3. The first-order chi connectivity index (χ1) is 15.6. The Hall–Kier alpha value is -3.16. The molecule has 0 N–H and O–H groups in total. The van der Waals surface area contributed by atoms with Crippen LogP contribution in [0, 0.1) is 0 Å². The van der Waals surface area contributed by atoms with Crippen molar-refractivity contribution in [3.63, 3.8) is 0 Å². The van der Waals surface area contributed by atoms with E-state index < -0.39 is 0 Å². The van der Waals surface area contributed by atoms with Crippen LogP contribution in [0.25, 0.3) is 10.2 Å². The highest BCUT2D eigenvalue weighted by atomic mass is 35.5. The van der Waals surface area contributed by atoms with Gasteiger partial charge in [-0.15, -0.1) is 0 Å². The summed E-state index contributed by atoms with van der Waals surface area (Å²) in [7, 11) is 0. The summed E-state index contributed by atoms with van der Waals surface area (Å²) in [6.45, 7) is 5.05. The van der Waals surface area contributed by atoms with Gasteiger partial charge in [-0.05, 0) is 62.4 Å². The summed E-state index contributed by atoms with van der Waals surface area (Å²) in [5, 5.41) is 1.20. The van der Waals surface area contributed by atoms with Crippen LogP contribution in [0.4, 0.5) is 5.13 Å². The van der Waals surface area contributed by atoms with Gasteiger partial charge < -0.3 is 9.47 Å². The summed E-state index contributed by atoms with van der Waals surface area (Å²) in [6.07, 6.45) is 1.71. The second-order valence-corrected chi connectivity index (χ2v) is 8.29. The number of thiazole rings is 1. The molecule has 0 spiro atoms. The number of benzene rings is 2. The van der Waals surface area contributed by atoms with Gasteiger partial charge in [0.2, 0.25) is 0 Å². The van der Waals surface area contributed by atoms with Crippen molar-refractivity contribution in [2.45, 2.75) is 20.4 Å². The molecule has 0 aliphatic carbocycles. The molecule has 4 aromatic rings. The van der Waals surface area contributed by atoms with Crippen molar-refractivity contribution in [2.24, 2.45) is 0 Å². The van der Waals surface area contributed by atoms with Gasteiger partial charge >= 0.3 is 0 Å². The molecule has 4 rings (SSSR count). The van der Waals surface area contributed by atoms with Gasteiger partial charge in [-0.25, -0.2) is 4.98 Å². The Labute approximate surface area is 195 Å². The Kier molecular flexibility index (Phi) is 6.87. The highest BCUT2D eigenvalue weighted by molar-refractivity contribution is 7.22. The van der Waals surface area contributed by atoms with Crippen molar-refractivity contribution in [1.82, 2.24) is 9.97 Å². The molecule has 2 aromatic heterocycles. The van der Waals surface area contributed by atoms with Crippen molar-refractivity contribution in [3.8, 4) is 11.5 Å². The zero-order valence-electron chi connectivity index (χ0n) is 17.7. The van der Waals surface area contributed by atoms with Crippen LogP contribution in [0.1, 0.15) is 29.9 Å². The number of ether oxygens (including phenoxy) is 2. The summed E-state index contributed by atoms with van der Waals surface area (Å²) in [4.78, 5) is 24.4. The van der Waals surface area contributed by atoms with Gasteiger partial charge in [0.1, 0.15) is 0 Å². The number of carbonyl (C=O) groups is 1. The first kappa shape index (κ1) is 22.0. The second kappa shape index (κ2) is 9.97. The van der Waals surface area contributed by atoms with E-state index in [0.717, 1.165) is 15.9 Å². The minimum absolute atomic E-state index is 0.204. The summed E-state index contributed by atoms with van der Waals surface area (Å²) in [6, 6.07) is 16.3. The predicted molar refractivity (Wildman–Crippen MR) is 128 cm³/mol. The third-order valence-electron chi connectivity index (χ3n) is 4.65. The first-order valence-corrected chi connectivity index (χ1v) is 11.5. The number of hydrogen-bond donors (Lipinski definition) is 0. The van der Waals surface area contributed by atoms with Crippen LogP contribution in [0.2, 0.25) is 5.02 Å². The number of carbonyl (C=O) groups excluding carboxylic acids is 1. The van der Waals surface area contributed by atoms with Crippen LogP contribution >= 0.6 is 22.9 Å². The number of rotatable bonds is 8. The lowest BCUT2D eigenvalue weighted by Crippen LogP contribution is -2.30. The van der Waals surface area contributed by atoms with Crippen molar-refractivity contribution in [1.29, 1.82) is 0 Å². The quantitative estimate of drug-likeness (QED) is 0.318. The summed E-state index contributed by atoms with van der Waals surface area (Å²) in [5.74, 6) is 0.940. The Morgan fingerprint density at radius 3 is 2.59 bits per heavy atom. The van der Waals surface area contributed by atoms with Gasteiger partial charge in [-0.2, -0.15) is 0 Å². The lowest BCUT2D eigenvalue weighted by atomic mass is 10.1. The van der Waals surface area contributed by atoms with Gasteiger partial charge in [0.25, 0.3) is 5.91 Å². The van der Waals surface area contributed by atoms with Crippen molar-refractivity contribution in [3.05, 3.63) is 77.1 Å². The van der Waals surface area contributed by atoms with Gasteiger partial charge in [0.15, 0.2) is 16.6 Å². The standard InChI is InChI=1S/C24H22ClN3O3S/c1-3-30-20-11-8-16(13-21(20)31-4-2)23(29)28(15-18-7-5-6-12-26-18)24-27-19-10-9-17(25)14-22(19)32-24/h5-14H,3-4,15H2,1-2H3. The van der Waals surface area contributed by atoms with Crippen molar-refractivity contribution in [2.75, 3.05) is 18.1 Å². The maximum absolute atomic E-state index is 13.7. The molecule has 1 amide bonds. The lowest BCUT2D eigenvalue weighted by molar-refractivity contribution is 0.0984. The van der Waals surface area contributed by atoms with E-state index in [1.54, 1.807) is 35.4 Å². The average molecular weight is 468 g/mol. The second-order valence-electron chi connectivity index (χ2n) is 6.85. The van der Waals surface area contributed by atoms with Crippen LogP contribution in [-0.2, 0) is 6.54 Å². The Morgan fingerprint density at radius 1 is 1.03 bits per heavy atom. The predicted octanol–water partition coefficient (Wildman–Crippen LogP) is 5.99. The van der Waals surface area contributed by atoms with Crippen LogP contribution in [0.15, 0.2) is 60.8 Å². The Balaban J connectivity index is 1.75. The monoisotopic (exact) mass is 467 g/mol. The molecule has 0 aliphatic heterocycles. The molecule has 0 radical (unpaired) electrons. The van der Waals surface area contributed by atoms with Crippen LogP contribution in [0.3, 0.4) is 0 Å². The van der Waals surface area contributed by atoms with Gasteiger partial charge in [-0.1, -0.05) is 29.0 Å². The van der Waals surface area contributed by atoms with E-state index >= 15 is 0 Å². The third kappa shape index (κ3) is 4.84. The number of aromatic nitrogens is 2. The third-order valence-corrected chi connectivity index (χ3v) is 5.93. The van der Waals surface area contributed by atoms with E-state index in [2.05, 4.69) is 9.97 Å². The van der Waals surface area contributed by atoms with Gasteiger partial charge in [0.05, 0.1) is 35.7 Å². The van der Waals surface area contributed by atoms with E-state index in [1.165, 1.54) is 11.3 Å². The largest absolute Gasteiger partial charge is 0.490 e. The number of anilines is 1. The molecule has 0 atom stereocenters. The van der Waals surface area contributed by atoms with Crippen molar-refractivity contribution < 1.29 is 14.3 Å². The molecular weight excluding hydrogens is 446 g/mol. The fourth-order valence-electron chi connectivity index (χ4n) is 3.22. The normalized spacial score (nSPS) is 10.8. The number of amides is 1. The topological polar surface area (TPSA) is 64.5 Å². The molecular formula is C24H22ClN3O3S. The minimum atomic E-state index is -0.204. The van der Waals surface area contributed by atoms with Gasteiger partial charge in [0, 0.05) is 16.8 Å². The van der Waals surface area contributed by atoms with Crippen LogP contribution in [-0.4, -0.2) is 29.1 Å². The Bertz CT molecular complexity index is 1230. The molecule has 0 aliphatic rings. The summed E-state index contributed by atoms with van der Waals surface area (Å²) in [5.41, 5.74) is 2.02. The molecule has 0 saturated heterocycles. The SMILES string of the molecule is CCOc1ccc(C(=O)N(Cc2ccccn2)c2nc3ccc(Cl)cc3s2)cc1OCC. The van der Waals surface area contributed by atoms with E-state index in [1.807, 2.05) is 44.2 Å². The van der Waals surface area contributed by atoms with E-state index in [-0.39, 0.29) is 12.5 Å². The maximum Gasteiger partial charge on any atom is 0.260 e.